The van der Waals surface area contributed by atoms with E-state index in [4.69, 9.17) is 0 Å². The fraction of sp³-hybridized carbons (Fsp3) is 0.600. The van der Waals surface area contributed by atoms with E-state index in [0.717, 1.165) is 31.5 Å². The Bertz CT molecular complexity index is 584. The molecule has 5 heteroatoms. The summed E-state index contributed by atoms with van der Waals surface area (Å²) < 4.78 is 0. The molecule has 1 saturated heterocycles. The molecular formula is C20H28N2O3. The number of aliphatic carboxylic acids is 1. The van der Waals surface area contributed by atoms with E-state index >= 15 is 0 Å². The van der Waals surface area contributed by atoms with Crippen LogP contribution >= 0.6 is 0 Å². The molecule has 1 atom stereocenters. The lowest BCUT2D eigenvalue weighted by atomic mass is 9.93. The number of carboxylic acids is 1. The van der Waals surface area contributed by atoms with Crippen molar-refractivity contribution in [3.63, 3.8) is 0 Å². The van der Waals surface area contributed by atoms with Crippen molar-refractivity contribution in [2.45, 2.75) is 51.0 Å². The quantitative estimate of drug-likeness (QED) is 0.891. The Morgan fingerprint density at radius 1 is 1.04 bits per heavy atom. The van der Waals surface area contributed by atoms with Gasteiger partial charge in [0.2, 0.25) is 5.91 Å². The van der Waals surface area contributed by atoms with E-state index in [0.29, 0.717) is 19.5 Å². The van der Waals surface area contributed by atoms with Crippen molar-refractivity contribution in [2.75, 3.05) is 24.5 Å². The minimum Gasteiger partial charge on any atom is -0.481 e. The van der Waals surface area contributed by atoms with Gasteiger partial charge < -0.3 is 10.0 Å². The molecule has 5 nitrogen and oxygen atoms in total. The molecule has 1 saturated carbocycles. The molecule has 25 heavy (non-hydrogen) atoms. The molecule has 1 aliphatic carbocycles. The van der Waals surface area contributed by atoms with Crippen molar-refractivity contribution < 1.29 is 14.7 Å². The van der Waals surface area contributed by atoms with Crippen LogP contribution in [0.3, 0.4) is 0 Å². The summed E-state index contributed by atoms with van der Waals surface area (Å²) in [4.78, 5) is 28.4. The number of carbonyl (C=O) groups is 2. The molecule has 1 unspecified atom stereocenters. The van der Waals surface area contributed by atoms with Gasteiger partial charge in [0.1, 0.15) is 0 Å². The minimum absolute atomic E-state index is 0.101. The van der Waals surface area contributed by atoms with Crippen LogP contribution in [0.4, 0.5) is 5.69 Å². The van der Waals surface area contributed by atoms with Gasteiger partial charge in [-0.1, -0.05) is 37.5 Å². The predicted molar refractivity (Wildman–Crippen MR) is 97.6 cm³/mol. The number of piperidine rings is 1. The van der Waals surface area contributed by atoms with Gasteiger partial charge in [-0.2, -0.15) is 0 Å². The average molecular weight is 344 g/mol. The number of benzene rings is 1. The maximum absolute atomic E-state index is 13.1. The summed E-state index contributed by atoms with van der Waals surface area (Å²) in [6, 6.07) is 10.2. The van der Waals surface area contributed by atoms with Gasteiger partial charge in [0.25, 0.3) is 0 Å². The molecule has 136 valence electrons. The molecule has 1 aromatic carbocycles. The molecule has 0 bridgehead atoms. The largest absolute Gasteiger partial charge is 0.481 e. The topological polar surface area (TPSA) is 60.9 Å². The molecule has 3 rings (SSSR count). The number of amides is 1. The van der Waals surface area contributed by atoms with Crippen LogP contribution in [0.2, 0.25) is 0 Å². The Morgan fingerprint density at radius 2 is 1.76 bits per heavy atom. The highest BCUT2D eigenvalue weighted by Crippen LogP contribution is 2.28. The second kappa shape index (κ2) is 8.48. The van der Waals surface area contributed by atoms with Crippen molar-refractivity contribution in [3.8, 4) is 0 Å². The lowest BCUT2D eigenvalue weighted by Gasteiger charge is -2.37. The number of nitrogens with zero attached hydrogens (tertiary/aromatic N) is 2. The number of carboxylic acid groups (broad SMARTS) is 1. The summed E-state index contributed by atoms with van der Waals surface area (Å²) in [6.45, 7) is 1.60. The van der Waals surface area contributed by atoms with Gasteiger partial charge in [0, 0.05) is 18.3 Å². The van der Waals surface area contributed by atoms with Crippen molar-refractivity contribution in [1.29, 1.82) is 0 Å². The second-order valence-electron chi connectivity index (χ2n) is 7.30. The standard InChI is InChI=1S/C20H28N2O3/c23-19(15-21-13-7-8-16(14-21)20(24)25)22(17-9-3-1-4-10-17)18-11-5-2-6-12-18/h1,3-4,9-10,16,18H,2,5-8,11-15H2,(H,24,25). The summed E-state index contributed by atoms with van der Waals surface area (Å²) in [7, 11) is 0. The third kappa shape index (κ3) is 4.60. The molecule has 1 amide bonds. The van der Waals surface area contributed by atoms with Gasteiger partial charge in [0.05, 0.1) is 12.5 Å². The van der Waals surface area contributed by atoms with E-state index in [2.05, 4.69) is 0 Å². The number of likely N-dealkylation sites (tertiary alicyclic amines) is 1. The first-order valence-electron chi connectivity index (χ1n) is 9.47. The fourth-order valence-corrected chi connectivity index (χ4v) is 4.15. The van der Waals surface area contributed by atoms with Crippen LogP contribution in [0.15, 0.2) is 30.3 Å². The number of hydrogen-bond donors (Lipinski definition) is 1. The lowest BCUT2D eigenvalue weighted by Crippen LogP contribution is -2.49. The first-order valence-corrected chi connectivity index (χ1v) is 9.47. The highest BCUT2D eigenvalue weighted by molar-refractivity contribution is 5.95. The van der Waals surface area contributed by atoms with Crippen molar-refractivity contribution >= 4 is 17.6 Å². The monoisotopic (exact) mass is 344 g/mol. The van der Waals surface area contributed by atoms with Crippen LogP contribution in [-0.2, 0) is 9.59 Å². The van der Waals surface area contributed by atoms with Crippen molar-refractivity contribution in [1.82, 2.24) is 4.90 Å². The fourth-order valence-electron chi connectivity index (χ4n) is 4.15. The molecule has 1 aromatic rings. The lowest BCUT2D eigenvalue weighted by molar-refractivity contribution is -0.144. The Balaban J connectivity index is 1.71. The van der Waals surface area contributed by atoms with E-state index < -0.39 is 5.97 Å². The highest BCUT2D eigenvalue weighted by atomic mass is 16.4. The van der Waals surface area contributed by atoms with E-state index in [1.54, 1.807) is 0 Å². The number of rotatable bonds is 5. The summed E-state index contributed by atoms with van der Waals surface area (Å²) >= 11 is 0. The van der Waals surface area contributed by atoms with Crippen LogP contribution in [0, 0.1) is 5.92 Å². The SMILES string of the molecule is O=C(O)C1CCCN(CC(=O)N(c2ccccc2)C2CCCCC2)C1. The van der Waals surface area contributed by atoms with Crippen LogP contribution in [0.25, 0.3) is 0 Å². The van der Waals surface area contributed by atoms with Crippen molar-refractivity contribution in [3.05, 3.63) is 30.3 Å². The van der Waals surface area contributed by atoms with Gasteiger partial charge in [0.15, 0.2) is 0 Å². The Labute approximate surface area is 149 Å². The number of para-hydroxylation sites is 1. The maximum Gasteiger partial charge on any atom is 0.307 e. The van der Waals surface area contributed by atoms with E-state index in [9.17, 15) is 14.7 Å². The molecular weight excluding hydrogens is 316 g/mol. The summed E-state index contributed by atoms with van der Waals surface area (Å²) in [5.74, 6) is -0.991. The van der Waals surface area contributed by atoms with Gasteiger partial charge in [-0.3, -0.25) is 14.5 Å². The molecule has 2 aliphatic rings. The maximum atomic E-state index is 13.1. The molecule has 0 spiro atoms. The first-order chi connectivity index (χ1) is 12.1. The predicted octanol–water partition coefficient (Wildman–Crippen LogP) is 3.15. The first kappa shape index (κ1) is 17.9. The second-order valence-corrected chi connectivity index (χ2v) is 7.30. The third-order valence-corrected chi connectivity index (χ3v) is 5.46. The van der Waals surface area contributed by atoms with Gasteiger partial charge in [-0.15, -0.1) is 0 Å². The summed E-state index contributed by atoms with van der Waals surface area (Å²) in [5.41, 5.74) is 0.964. The third-order valence-electron chi connectivity index (χ3n) is 5.46. The minimum atomic E-state index is -0.746. The Kier molecular flexibility index (Phi) is 6.08. The van der Waals surface area contributed by atoms with Gasteiger partial charge in [-0.25, -0.2) is 0 Å². The van der Waals surface area contributed by atoms with Crippen LogP contribution < -0.4 is 4.90 Å². The number of anilines is 1. The smallest absolute Gasteiger partial charge is 0.307 e. The molecule has 0 radical (unpaired) electrons. The van der Waals surface area contributed by atoms with Crippen LogP contribution in [0.5, 0.6) is 0 Å². The summed E-state index contributed by atoms with van der Waals surface area (Å²) in [5, 5.41) is 9.26. The summed E-state index contributed by atoms with van der Waals surface area (Å²) in [6.07, 6.45) is 7.26. The van der Waals surface area contributed by atoms with Crippen molar-refractivity contribution in [2.24, 2.45) is 5.92 Å². The van der Waals surface area contributed by atoms with E-state index in [-0.39, 0.29) is 17.9 Å². The van der Waals surface area contributed by atoms with Gasteiger partial charge >= 0.3 is 5.97 Å². The average Bonchev–Trinajstić information content (AvgIpc) is 2.64. The van der Waals surface area contributed by atoms with Crippen LogP contribution in [0.1, 0.15) is 44.9 Å². The number of hydrogen-bond acceptors (Lipinski definition) is 3. The zero-order chi connectivity index (χ0) is 17.6. The number of carbonyl (C=O) groups excluding carboxylic acids is 1. The zero-order valence-electron chi connectivity index (χ0n) is 14.8. The molecule has 1 aliphatic heterocycles. The highest BCUT2D eigenvalue weighted by Gasteiger charge is 2.31. The Hall–Kier alpha value is -1.88. The Morgan fingerprint density at radius 3 is 2.44 bits per heavy atom. The molecule has 1 N–H and O–H groups in total. The van der Waals surface area contributed by atoms with Gasteiger partial charge in [-0.05, 0) is 44.4 Å². The van der Waals surface area contributed by atoms with Crippen LogP contribution in [-0.4, -0.2) is 47.6 Å². The normalized spacial score (nSPS) is 22.5. The molecule has 2 fully saturated rings. The van der Waals surface area contributed by atoms with E-state index in [1.165, 1.54) is 19.3 Å². The van der Waals surface area contributed by atoms with E-state index in [1.807, 2.05) is 40.1 Å². The molecule has 0 aromatic heterocycles. The molecule has 1 heterocycles. The zero-order valence-corrected chi connectivity index (χ0v) is 14.8.